The zero-order valence-corrected chi connectivity index (χ0v) is 10.0. The number of aliphatic hydroxyl groups is 1. The lowest BCUT2D eigenvalue weighted by atomic mass is 10.1. The summed E-state index contributed by atoms with van der Waals surface area (Å²) in [5.41, 5.74) is 1.19. The summed E-state index contributed by atoms with van der Waals surface area (Å²) in [6, 6.07) is 10.1. The van der Waals surface area contributed by atoms with E-state index in [0.29, 0.717) is 6.42 Å². The highest BCUT2D eigenvalue weighted by Crippen LogP contribution is 2.18. The third-order valence-corrected chi connectivity index (χ3v) is 3.38. The van der Waals surface area contributed by atoms with Crippen LogP contribution in [0, 0.1) is 0 Å². The van der Waals surface area contributed by atoms with Crippen molar-refractivity contribution in [2.45, 2.75) is 31.7 Å². The molecule has 3 nitrogen and oxygen atoms in total. The van der Waals surface area contributed by atoms with E-state index < -0.39 is 0 Å². The topological polar surface area (TPSA) is 40.5 Å². The molecule has 0 bridgehead atoms. The third-order valence-electron chi connectivity index (χ3n) is 3.38. The molecule has 1 aliphatic rings. The van der Waals surface area contributed by atoms with E-state index >= 15 is 0 Å². The molecule has 17 heavy (non-hydrogen) atoms. The Labute approximate surface area is 102 Å². The maximum absolute atomic E-state index is 12.0. The van der Waals surface area contributed by atoms with Crippen LogP contribution in [-0.4, -0.2) is 35.1 Å². The van der Waals surface area contributed by atoms with Crippen LogP contribution in [0.1, 0.15) is 24.8 Å². The number of carbonyl (C=O) groups excluding carboxylic acids is 1. The molecule has 1 aromatic carbocycles. The lowest BCUT2D eigenvalue weighted by Gasteiger charge is -2.23. The van der Waals surface area contributed by atoms with E-state index in [0.717, 1.165) is 25.8 Å². The van der Waals surface area contributed by atoms with E-state index in [-0.39, 0.29) is 18.6 Å². The number of hydrogen-bond donors (Lipinski definition) is 1. The molecule has 0 aliphatic carbocycles. The van der Waals surface area contributed by atoms with Gasteiger partial charge in [-0.15, -0.1) is 0 Å². The number of rotatable bonds is 4. The SMILES string of the molecule is O=C(CCc1ccccc1)N1CCC[C@@H]1CO. The zero-order valence-electron chi connectivity index (χ0n) is 10.0. The van der Waals surface area contributed by atoms with Crippen molar-refractivity contribution in [3.05, 3.63) is 35.9 Å². The van der Waals surface area contributed by atoms with Gasteiger partial charge in [-0.25, -0.2) is 0 Å². The maximum Gasteiger partial charge on any atom is 0.223 e. The normalized spacial score (nSPS) is 19.6. The van der Waals surface area contributed by atoms with Gasteiger partial charge >= 0.3 is 0 Å². The fraction of sp³-hybridized carbons (Fsp3) is 0.500. The summed E-state index contributed by atoms with van der Waals surface area (Å²) < 4.78 is 0. The first-order valence-corrected chi connectivity index (χ1v) is 6.25. The molecule has 1 fully saturated rings. The van der Waals surface area contributed by atoms with Crippen molar-refractivity contribution < 1.29 is 9.90 Å². The number of carbonyl (C=O) groups is 1. The van der Waals surface area contributed by atoms with Gasteiger partial charge < -0.3 is 10.0 Å². The first kappa shape index (κ1) is 12.1. The van der Waals surface area contributed by atoms with Crippen LogP contribution in [-0.2, 0) is 11.2 Å². The molecule has 1 amide bonds. The Hall–Kier alpha value is -1.35. The summed E-state index contributed by atoms with van der Waals surface area (Å²) in [6.07, 6.45) is 3.28. The van der Waals surface area contributed by atoms with Crippen molar-refractivity contribution in [2.75, 3.05) is 13.2 Å². The number of aliphatic hydroxyl groups excluding tert-OH is 1. The molecule has 0 unspecified atom stereocenters. The van der Waals surface area contributed by atoms with Gasteiger partial charge in [0.05, 0.1) is 12.6 Å². The lowest BCUT2D eigenvalue weighted by molar-refractivity contribution is -0.132. The summed E-state index contributed by atoms with van der Waals surface area (Å²) in [5.74, 6) is 0.172. The minimum Gasteiger partial charge on any atom is -0.394 e. The molecular weight excluding hydrogens is 214 g/mol. The molecule has 1 aromatic rings. The summed E-state index contributed by atoms with van der Waals surface area (Å²) in [4.78, 5) is 13.8. The number of benzene rings is 1. The van der Waals surface area contributed by atoms with Crippen LogP contribution < -0.4 is 0 Å². The molecule has 0 spiro atoms. The van der Waals surface area contributed by atoms with Crippen molar-refractivity contribution in [3.63, 3.8) is 0 Å². The van der Waals surface area contributed by atoms with Gasteiger partial charge in [0.2, 0.25) is 5.91 Å². The summed E-state index contributed by atoms with van der Waals surface area (Å²) in [6.45, 7) is 0.899. The quantitative estimate of drug-likeness (QED) is 0.858. The van der Waals surface area contributed by atoms with Crippen molar-refractivity contribution in [1.82, 2.24) is 4.90 Å². The van der Waals surface area contributed by atoms with Gasteiger partial charge in [-0.2, -0.15) is 0 Å². The van der Waals surface area contributed by atoms with Crippen LogP contribution in [0.2, 0.25) is 0 Å². The first-order valence-electron chi connectivity index (χ1n) is 6.25. The van der Waals surface area contributed by atoms with Gasteiger partial charge in [0.15, 0.2) is 0 Å². The second-order valence-electron chi connectivity index (χ2n) is 4.55. The maximum atomic E-state index is 12.0. The fourth-order valence-electron chi connectivity index (χ4n) is 2.39. The Morgan fingerprint density at radius 1 is 1.35 bits per heavy atom. The smallest absolute Gasteiger partial charge is 0.223 e. The van der Waals surface area contributed by atoms with Crippen LogP contribution in [0.5, 0.6) is 0 Å². The van der Waals surface area contributed by atoms with E-state index in [1.54, 1.807) is 0 Å². The van der Waals surface area contributed by atoms with Crippen molar-refractivity contribution >= 4 is 5.91 Å². The molecule has 1 N–H and O–H groups in total. The second-order valence-corrected chi connectivity index (χ2v) is 4.55. The van der Waals surface area contributed by atoms with E-state index in [4.69, 9.17) is 0 Å². The van der Waals surface area contributed by atoms with Crippen LogP contribution in [0.25, 0.3) is 0 Å². The fourth-order valence-corrected chi connectivity index (χ4v) is 2.39. The average Bonchev–Trinajstić information content (AvgIpc) is 2.85. The van der Waals surface area contributed by atoms with E-state index in [9.17, 15) is 9.90 Å². The number of nitrogens with zero attached hydrogens (tertiary/aromatic N) is 1. The van der Waals surface area contributed by atoms with Crippen molar-refractivity contribution in [2.24, 2.45) is 0 Å². The van der Waals surface area contributed by atoms with E-state index in [1.807, 2.05) is 35.2 Å². The summed E-state index contributed by atoms with van der Waals surface area (Å²) in [5, 5.41) is 9.18. The monoisotopic (exact) mass is 233 g/mol. The Balaban J connectivity index is 1.85. The molecule has 0 aromatic heterocycles. The Kier molecular flexibility index (Phi) is 4.15. The summed E-state index contributed by atoms with van der Waals surface area (Å²) >= 11 is 0. The largest absolute Gasteiger partial charge is 0.394 e. The Bertz CT molecular complexity index is 364. The van der Waals surface area contributed by atoms with Crippen LogP contribution in [0.4, 0.5) is 0 Å². The first-order chi connectivity index (χ1) is 8.31. The Morgan fingerprint density at radius 3 is 2.82 bits per heavy atom. The van der Waals surface area contributed by atoms with Gasteiger partial charge in [0.1, 0.15) is 0 Å². The zero-order chi connectivity index (χ0) is 12.1. The molecule has 0 radical (unpaired) electrons. The molecule has 0 saturated carbocycles. The lowest BCUT2D eigenvalue weighted by Crippen LogP contribution is -2.37. The predicted octanol–water partition coefficient (Wildman–Crippen LogP) is 1.60. The number of aryl methyl sites for hydroxylation is 1. The highest BCUT2D eigenvalue weighted by Gasteiger charge is 2.27. The molecule has 92 valence electrons. The standard InChI is InChI=1S/C14H19NO2/c16-11-13-7-4-10-15(13)14(17)9-8-12-5-2-1-3-6-12/h1-3,5-6,13,16H,4,7-11H2/t13-/m1/s1. The molecule has 3 heteroatoms. The third kappa shape index (κ3) is 3.07. The van der Waals surface area contributed by atoms with Gasteiger partial charge in [-0.1, -0.05) is 30.3 Å². The molecule has 1 saturated heterocycles. The van der Waals surface area contributed by atoms with Crippen molar-refractivity contribution in [3.8, 4) is 0 Å². The number of amides is 1. The highest BCUT2D eigenvalue weighted by atomic mass is 16.3. The van der Waals surface area contributed by atoms with Gasteiger partial charge in [-0.3, -0.25) is 4.79 Å². The molecule has 1 atom stereocenters. The van der Waals surface area contributed by atoms with E-state index in [2.05, 4.69) is 0 Å². The number of likely N-dealkylation sites (tertiary alicyclic amines) is 1. The molecule has 1 aliphatic heterocycles. The summed E-state index contributed by atoms with van der Waals surface area (Å²) in [7, 11) is 0. The average molecular weight is 233 g/mol. The number of hydrogen-bond acceptors (Lipinski definition) is 2. The van der Waals surface area contributed by atoms with Crippen LogP contribution in [0.3, 0.4) is 0 Å². The molecular formula is C14H19NO2. The molecule has 2 rings (SSSR count). The van der Waals surface area contributed by atoms with Crippen LogP contribution >= 0.6 is 0 Å². The minimum atomic E-state index is 0.0540. The Morgan fingerprint density at radius 2 is 2.12 bits per heavy atom. The van der Waals surface area contributed by atoms with E-state index in [1.165, 1.54) is 5.56 Å². The minimum absolute atomic E-state index is 0.0540. The highest BCUT2D eigenvalue weighted by molar-refractivity contribution is 5.77. The van der Waals surface area contributed by atoms with Gasteiger partial charge in [0, 0.05) is 13.0 Å². The van der Waals surface area contributed by atoms with Crippen LogP contribution in [0.15, 0.2) is 30.3 Å². The molecule has 1 heterocycles. The van der Waals surface area contributed by atoms with Gasteiger partial charge in [-0.05, 0) is 24.8 Å². The predicted molar refractivity (Wildman–Crippen MR) is 66.6 cm³/mol. The van der Waals surface area contributed by atoms with Crippen molar-refractivity contribution in [1.29, 1.82) is 0 Å². The second kappa shape index (κ2) is 5.82. The van der Waals surface area contributed by atoms with Gasteiger partial charge in [0.25, 0.3) is 0 Å².